The van der Waals surface area contributed by atoms with Gasteiger partial charge in [-0.15, -0.1) is 5.10 Å². The predicted molar refractivity (Wildman–Crippen MR) is 128 cm³/mol. The highest BCUT2D eigenvalue weighted by molar-refractivity contribution is 7.90. The van der Waals surface area contributed by atoms with E-state index < -0.39 is 9.84 Å². The molecular formula is C25H28N4O4S. The molecule has 1 saturated carbocycles. The van der Waals surface area contributed by atoms with Gasteiger partial charge < -0.3 is 9.84 Å². The Balaban J connectivity index is 1.37. The zero-order valence-corrected chi connectivity index (χ0v) is 19.9. The van der Waals surface area contributed by atoms with Crippen LogP contribution in [0, 0.1) is 0 Å². The fourth-order valence-electron chi connectivity index (χ4n) is 5.67. The minimum atomic E-state index is -3.24. The molecular weight excluding hydrogens is 452 g/mol. The molecule has 3 aromatic heterocycles. The van der Waals surface area contributed by atoms with Crippen molar-refractivity contribution in [3.8, 4) is 5.75 Å². The zero-order valence-electron chi connectivity index (χ0n) is 19.1. The molecule has 6 rings (SSSR count). The van der Waals surface area contributed by atoms with Crippen LogP contribution >= 0.6 is 0 Å². The quantitative estimate of drug-likeness (QED) is 0.460. The number of fused-ring (bicyclic) bond motifs is 3. The Hall–Kier alpha value is -2.91. The van der Waals surface area contributed by atoms with Crippen LogP contribution in [0.15, 0.2) is 47.6 Å². The van der Waals surface area contributed by atoms with Gasteiger partial charge in [0.1, 0.15) is 5.75 Å². The van der Waals surface area contributed by atoms with E-state index in [-0.39, 0.29) is 23.8 Å². The molecule has 4 aromatic rings. The smallest absolute Gasteiger partial charge is 0.183 e. The van der Waals surface area contributed by atoms with Gasteiger partial charge in [0.05, 0.1) is 28.2 Å². The lowest BCUT2D eigenvalue weighted by Gasteiger charge is -2.22. The maximum absolute atomic E-state index is 12.0. The van der Waals surface area contributed by atoms with Crippen LogP contribution < -0.4 is 0 Å². The van der Waals surface area contributed by atoms with E-state index in [0.717, 1.165) is 72.8 Å². The van der Waals surface area contributed by atoms with E-state index in [1.165, 1.54) is 6.26 Å². The van der Waals surface area contributed by atoms with Gasteiger partial charge in [-0.3, -0.25) is 0 Å². The van der Waals surface area contributed by atoms with Crippen molar-refractivity contribution in [1.29, 1.82) is 0 Å². The SMILES string of the molecule is CS(=O)(=O)c1cccc(C2CCC(c3cc(O)cn4nc5c(cnn5C5CCCCO5)c34)C2)c1. The van der Waals surface area contributed by atoms with Crippen LogP contribution in [0.4, 0.5) is 0 Å². The van der Waals surface area contributed by atoms with Crippen molar-refractivity contribution in [2.45, 2.75) is 61.5 Å². The van der Waals surface area contributed by atoms with Crippen LogP contribution in [-0.2, 0) is 14.6 Å². The monoisotopic (exact) mass is 480 g/mol. The molecule has 1 aliphatic heterocycles. The number of sulfone groups is 1. The van der Waals surface area contributed by atoms with E-state index in [0.29, 0.717) is 4.90 Å². The van der Waals surface area contributed by atoms with Crippen molar-refractivity contribution in [1.82, 2.24) is 19.4 Å². The lowest BCUT2D eigenvalue weighted by Crippen LogP contribution is -2.19. The summed E-state index contributed by atoms with van der Waals surface area (Å²) >= 11 is 0. The molecule has 34 heavy (non-hydrogen) atoms. The summed E-state index contributed by atoms with van der Waals surface area (Å²) in [6, 6.07) is 9.16. The Kier molecular flexibility index (Phi) is 5.14. The number of benzene rings is 1. The molecule has 4 heterocycles. The van der Waals surface area contributed by atoms with Crippen LogP contribution in [0.3, 0.4) is 0 Å². The van der Waals surface area contributed by atoms with Crippen LogP contribution in [0.1, 0.15) is 67.7 Å². The van der Waals surface area contributed by atoms with Gasteiger partial charge in [0.25, 0.3) is 0 Å². The third-order valence-corrected chi connectivity index (χ3v) is 8.46. The standard InChI is InChI=1S/C25H28N4O4S/c1-34(31,32)20-6-4-5-16(12-20)17-8-9-18(11-17)21-13-19(30)15-28-24(21)22-14-26-29(25(22)27-28)23-7-2-3-10-33-23/h4-6,12-15,17-18,23,30H,2-3,7-11H2,1H3. The van der Waals surface area contributed by atoms with Gasteiger partial charge in [-0.25, -0.2) is 17.6 Å². The number of aromatic hydroxyl groups is 1. The van der Waals surface area contributed by atoms with Crippen molar-refractivity contribution in [2.24, 2.45) is 0 Å². The molecule has 0 bridgehead atoms. The highest BCUT2D eigenvalue weighted by Crippen LogP contribution is 2.46. The number of ether oxygens (including phenoxy) is 1. The van der Waals surface area contributed by atoms with Gasteiger partial charge in [-0.1, -0.05) is 12.1 Å². The highest BCUT2D eigenvalue weighted by Gasteiger charge is 2.31. The normalized spacial score (nSPS) is 23.7. The van der Waals surface area contributed by atoms with Gasteiger partial charge in [-0.2, -0.15) is 5.10 Å². The fraction of sp³-hybridized carbons (Fsp3) is 0.440. The molecule has 9 heteroatoms. The first kappa shape index (κ1) is 21.6. The third kappa shape index (κ3) is 3.67. The summed E-state index contributed by atoms with van der Waals surface area (Å²) in [5.41, 5.74) is 3.87. The second-order valence-electron chi connectivity index (χ2n) is 9.65. The average Bonchev–Trinajstić information content (AvgIpc) is 3.54. The second kappa shape index (κ2) is 8.09. The Labute approximate surface area is 198 Å². The van der Waals surface area contributed by atoms with Crippen molar-refractivity contribution >= 4 is 26.4 Å². The molecule has 2 aliphatic rings. The summed E-state index contributed by atoms with van der Waals surface area (Å²) in [6.07, 6.45) is 10.5. The summed E-state index contributed by atoms with van der Waals surface area (Å²) in [5, 5.41) is 20.8. The van der Waals surface area contributed by atoms with Crippen LogP contribution in [-0.4, -0.2) is 45.8 Å². The Bertz CT molecular complexity index is 1480. The molecule has 0 amide bonds. The number of hydrogen-bond donors (Lipinski definition) is 1. The van der Waals surface area contributed by atoms with E-state index in [4.69, 9.17) is 9.84 Å². The highest BCUT2D eigenvalue weighted by atomic mass is 32.2. The van der Waals surface area contributed by atoms with Crippen molar-refractivity contribution in [3.05, 3.63) is 53.9 Å². The minimum absolute atomic E-state index is 0.105. The molecule has 3 atom stereocenters. The number of pyridine rings is 1. The van der Waals surface area contributed by atoms with Gasteiger partial charge in [-0.05, 0) is 79.7 Å². The van der Waals surface area contributed by atoms with Crippen LogP contribution in [0.2, 0.25) is 0 Å². The molecule has 8 nitrogen and oxygen atoms in total. The zero-order chi connectivity index (χ0) is 23.4. The van der Waals surface area contributed by atoms with E-state index in [1.54, 1.807) is 16.8 Å². The Morgan fingerprint density at radius 2 is 1.97 bits per heavy atom. The maximum Gasteiger partial charge on any atom is 0.183 e. The Morgan fingerprint density at radius 3 is 2.76 bits per heavy atom. The number of hydrogen-bond acceptors (Lipinski definition) is 6. The van der Waals surface area contributed by atoms with Gasteiger partial charge >= 0.3 is 0 Å². The lowest BCUT2D eigenvalue weighted by atomic mass is 9.92. The van der Waals surface area contributed by atoms with E-state index in [9.17, 15) is 13.5 Å². The van der Waals surface area contributed by atoms with E-state index in [2.05, 4.69) is 5.10 Å². The first-order valence-electron chi connectivity index (χ1n) is 11.9. The largest absolute Gasteiger partial charge is 0.506 e. The minimum Gasteiger partial charge on any atom is -0.506 e. The molecule has 0 spiro atoms. The van der Waals surface area contributed by atoms with Crippen LogP contribution in [0.5, 0.6) is 5.75 Å². The molecule has 178 valence electrons. The predicted octanol–water partition coefficient (Wildman–Crippen LogP) is 4.54. The summed E-state index contributed by atoms with van der Waals surface area (Å²) in [4.78, 5) is 0.364. The van der Waals surface area contributed by atoms with E-state index in [1.807, 2.05) is 35.1 Å². The molecule has 2 fully saturated rings. The molecule has 0 radical (unpaired) electrons. The van der Waals surface area contributed by atoms with E-state index >= 15 is 0 Å². The first-order valence-corrected chi connectivity index (χ1v) is 13.8. The lowest BCUT2D eigenvalue weighted by molar-refractivity contribution is -0.0370. The topological polar surface area (TPSA) is 98.7 Å². The third-order valence-electron chi connectivity index (χ3n) is 7.35. The fourth-order valence-corrected chi connectivity index (χ4v) is 6.35. The van der Waals surface area contributed by atoms with Gasteiger partial charge in [0.15, 0.2) is 21.7 Å². The average molecular weight is 481 g/mol. The van der Waals surface area contributed by atoms with Crippen molar-refractivity contribution in [3.63, 3.8) is 0 Å². The second-order valence-corrected chi connectivity index (χ2v) is 11.7. The molecule has 1 saturated heterocycles. The first-order chi connectivity index (χ1) is 16.4. The van der Waals surface area contributed by atoms with Gasteiger partial charge in [0, 0.05) is 12.9 Å². The molecule has 1 N–H and O–H groups in total. The van der Waals surface area contributed by atoms with Crippen LogP contribution in [0.25, 0.3) is 16.6 Å². The summed E-state index contributed by atoms with van der Waals surface area (Å²) in [7, 11) is -3.24. The van der Waals surface area contributed by atoms with Crippen molar-refractivity contribution in [2.75, 3.05) is 12.9 Å². The summed E-state index contributed by atoms with van der Waals surface area (Å²) in [5.74, 6) is 0.685. The molecule has 1 aliphatic carbocycles. The number of rotatable bonds is 4. The summed E-state index contributed by atoms with van der Waals surface area (Å²) in [6.45, 7) is 0.732. The molecule has 3 unspecified atom stereocenters. The number of nitrogens with zero attached hydrogens (tertiary/aromatic N) is 4. The van der Waals surface area contributed by atoms with Gasteiger partial charge in [0.2, 0.25) is 0 Å². The van der Waals surface area contributed by atoms with Crippen molar-refractivity contribution < 1.29 is 18.3 Å². The Morgan fingerprint density at radius 1 is 1.12 bits per heavy atom. The summed E-state index contributed by atoms with van der Waals surface area (Å²) < 4.78 is 33.6. The maximum atomic E-state index is 12.0. The molecule has 1 aromatic carbocycles. The number of aromatic nitrogens is 4.